The molecule has 5 nitrogen and oxygen atoms in total. The summed E-state index contributed by atoms with van der Waals surface area (Å²) in [5, 5.41) is 15.8. The summed E-state index contributed by atoms with van der Waals surface area (Å²) >= 11 is 5.70. The van der Waals surface area contributed by atoms with E-state index in [-0.39, 0.29) is 33.5 Å². The lowest BCUT2D eigenvalue weighted by Crippen LogP contribution is -1.94. The average Bonchev–Trinajstić information content (AvgIpc) is 2.71. The zero-order chi connectivity index (χ0) is 12.6. The number of H-pyrrole nitrogens is 1. The number of phenolic OH excluding ortho intramolecular Hbond substituents is 1. The highest BCUT2D eigenvalue weighted by Gasteiger charge is 2.21. The molecule has 0 bridgehead atoms. The molecule has 7 heteroatoms. The number of methoxy groups -OCH3 is 1. The fourth-order valence-corrected chi connectivity index (χ4v) is 1.68. The Morgan fingerprint density at radius 1 is 1.59 bits per heavy atom. The number of benzene rings is 1. The van der Waals surface area contributed by atoms with Crippen LogP contribution in [0, 0.1) is 5.82 Å². The summed E-state index contributed by atoms with van der Waals surface area (Å²) in [6, 6.07) is 1.19. The number of hydrogen-bond donors (Lipinski definition) is 3. The van der Waals surface area contributed by atoms with Gasteiger partial charge in [-0.15, -0.1) is 0 Å². The number of nitrogens with one attached hydrogen (secondary N) is 1. The summed E-state index contributed by atoms with van der Waals surface area (Å²) < 4.78 is 18.8. The monoisotopic (exact) mass is 257 g/mol. The van der Waals surface area contributed by atoms with Gasteiger partial charge >= 0.3 is 0 Å². The van der Waals surface area contributed by atoms with Crippen molar-refractivity contribution in [1.82, 2.24) is 10.2 Å². The Morgan fingerprint density at radius 2 is 2.29 bits per heavy atom. The number of aromatic hydroxyl groups is 1. The normalized spacial score (nSPS) is 10.5. The van der Waals surface area contributed by atoms with E-state index >= 15 is 0 Å². The highest BCUT2D eigenvalue weighted by Crippen LogP contribution is 2.43. The number of nitrogen functional groups attached to an aromatic ring is 1. The van der Waals surface area contributed by atoms with Crippen LogP contribution in [0.15, 0.2) is 12.3 Å². The van der Waals surface area contributed by atoms with Gasteiger partial charge in [-0.05, 0) is 0 Å². The minimum absolute atomic E-state index is 0.0620. The second kappa shape index (κ2) is 4.14. The largest absolute Gasteiger partial charge is 0.504 e. The average molecular weight is 258 g/mol. The Labute approximate surface area is 101 Å². The van der Waals surface area contributed by atoms with Crippen LogP contribution in [-0.2, 0) is 0 Å². The standard InChI is InChI=1S/C10H9ClFN3O2/c1-17-6-2-5(11)8(12)7(9(6)16)4-3-14-15-10(4)13/h2-3,16H,1H3,(H3,13,14,15). The molecule has 2 rings (SSSR count). The number of hydrogen-bond acceptors (Lipinski definition) is 4. The molecule has 4 N–H and O–H groups in total. The van der Waals surface area contributed by atoms with Gasteiger partial charge in [-0.3, -0.25) is 5.10 Å². The number of aromatic nitrogens is 2. The molecule has 17 heavy (non-hydrogen) atoms. The molecule has 0 radical (unpaired) electrons. The van der Waals surface area contributed by atoms with Crippen molar-refractivity contribution in [1.29, 1.82) is 0 Å². The highest BCUT2D eigenvalue weighted by molar-refractivity contribution is 6.31. The van der Waals surface area contributed by atoms with Gasteiger partial charge in [0.05, 0.1) is 29.5 Å². The van der Waals surface area contributed by atoms with Crippen LogP contribution in [0.25, 0.3) is 11.1 Å². The summed E-state index contributed by atoms with van der Waals surface area (Å²) in [5.74, 6) is -0.962. The first-order valence-corrected chi connectivity index (χ1v) is 4.98. The number of aromatic amines is 1. The van der Waals surface area contributed by atoms with E-state index in [4.69, 9.17) is 22.1 Å². The van der Waals surface area contributed by atoms with Crippen LogP contribution in [0.3, 0.4) is 0 Å². The van der Waals surface area contributed by atoms with Crippen LogP contribution in [-0.4, -0.2) is 22.4 Å². The molecule has 0 spiro atoms. The Morgan fingerprint density at radius 3 is 2.82 bits per heavy atom. The number of ether oxygens (including phenoxy) is 1. The van der Waals surface area contributed by atoms with Gasteiger partial charge in [-0.1, -0.05) is 11.6 Å². The maximum absolute atomic E-state index is 13.9. The van der Waals surface area contributed by atoms with Crippen molar-refractivity contribution in [2.45, 2.75) is 0 Å². The molecule has 0 aliphatic rings. The maximum Gasteiger partial charge on any atom is 0.168 e. The van der Waals surface area contributed by atoms with Gasteiger partial charge in [0.2, 0.25) is 0 Å². The molecule has 0 aliphatic heterocycles. The quantitative estimate of drug-likeness (QED) is 0.770. The lowest BCUT2D eigenvalue weighted by molar-refractivity contribution is 0.372. The minimum atomic E-state index is -0.780. The van der Waals surface area contributed by atoms with Gasteiger partial charge in [0.1, 0.15) is 5.82 Å². The summed E-state index contributed by atoms with van der Waals surface area (Å²) in [7, 11) is 1.34. The molecule has 0 saturated carbocycles. The highest BCUT2D eigenvalue weighted by atomic mass is 35.5. The van der Waals surface area contributed by atoms with Gasteiger partial charge in [-0.2, -0.15) is 5.10 Å². The third-order valence-corrected chi connectivity index (χ3v) is 2.59. The Balaban J connectivity index is 2.76. The number of phenols is 1. The van der Waals surface area contributed by atoms with Crippen LogP contribution in [0.5, 0.6) is 11.5 Å². The SMILES string of the molecule is COc1cc(Cl)c(F)c(-c2cn[nH]c2N)c1O. The first-order chi connectivity index (χ1) is 8.06. The molecule has 0 saturated heterocycles. The first kappa shape index (κ1) is 11.5. The minimum Gasteiger partial charge on any atom is -0.504 e. The van der Waals surface area contributed by atoms with Crippen LogP contribution in [0.4, 0.5) is 10.2 Å². The van der Waals surface area contributed by atoms with Crippen molar-refractivity contribution < 1.29 is 14.2 Å². The van der Waals surface area contributed by atoms with Gasteiger partial charge < -0.3 is 15.6 Å². The van der Waals surface area contributed by atoms with E-state index in [1.54, 1.807) is 0 Å². The van der Waals surface area contributed by atoms with Gasteiger partial charge in [0, 0.05) is 6.07 Å². The lowest BCUT2D eigenvalue weighted by Gasteiger charge is -2.10. The molecular formula is C10H9ClFN3O2. The van der Waals surface area contributed by atoms with Crippen molar-refractivity contribution in [2.24, 2.45) is 0 Å². The summed E-state index contributed by atoms with van der Waals surface area (Å²) in [4.78, 5) is 0. The van der Waals surface area contributed by atoms with Crippen LogP contribution in [0.2, 0.25) is 5.02 Å². The number of rotatable bonds is 2. The Kier molecular flexibility index (Phi) is 2.81. The molecule has 1 aromatic heterocycles. The van der Waals surface area contributed by atoms with Gasteiger partial charge in [0.25, 0.3) is 0 Å². The van der Waals surface area contributed by atoms with E-state index in [9.17, 15) is 9.50 Å². The molecule has 2 aromatic rings. The molecule has 1 heterocycles. The molecule has 0 atom stereocenters. The second-order valence-corrected chi connectivity index (χ2v) is 3.70. The number of nitrogens with zero attached hydrogens (tertiary/aromatic N) is 1. The van der Waals surface area contributed by atoms with Gasteiger partial charge in [0.15, 0.2) is 17.3 Å². The van der Waals surface area contributed by atoms with E-state index in [0.717, 1.165) is 0 Å². The summed E-state index contributed by atoms with van der Waals surface area (Å²) in [5.41, 5.74) is 5.66. The van der Waals surface area contributed by atoms with E-state index in [1.807, 2.05) is 0 Å². The molecule has 90 valence electrons. The fraction of sp³-hybridized carbons (Fsp3) is 0.100. The van der Waals surface area contributed by atoms with E-state index < -0.39 is 5.82 Å². The molecule has 1 aromatic carbocycles. The third kappa shape index (κ3) is 1.76. The molecular weight excluding hydrogens is 249 g/mol. The second-order valence-electron chi connectivity index (χ2n) is 3.30. The zero-order valence-corrected chi connectivity index (χ0v) is 9.55. The maximum atomic E-state index is 13.9. The summed E-state index contributed by atoms with van der Waals surface area (Å²) in [6.07, 6.45) is 1.29. The van der Waals surface area contributed by atoms with E-state index in [1.165, 1.54) is 19.4 Å². The smallest absolute Gasteiger partial charge is 0.168 e. The fourth-order valence-electron chi connectivity index (χ4n) is 1.49. The molecule has 0 aliphatic carbocycles. The Hall–Kier alpha value is -1.95. The van der Waals surface area contributed by atoms with Gasteiger partial charge in [-0.25, -0.2) is 4.39 Å². The van der Waals surface area contributed by atoms with Crippen LogP contribution in [0.1, 0.15) is 0 Å². The van der Waals surface area contributed by atoms with Crippen molar-refractivity contribution in [3.63, 3.8) is 0 Å². The lowest BCUT2D eigenvalue weighted by atomic mass is 10.1. The van der Waals surface area contributed by atoms with Crippen LogP contribution < -0.4 is 10.5 Å². The van der Waals surface area contributed by atoms with Crippen molar-refractivity contribution in [3.8, 4) is 22.6 Å². The number of halogens is 2. The number of anilines is 1. The summed E-state index contributed by atoms with van der Waals surface area (Å²) in [6.45, 7) is 0. The van der Waals surface area contributed by atoms with Crippen molar-refractivity contribution in [3.05, 3.63) is 23.1 Å². The zero-order valence-electron chi connectivity index (χ0n) is 8.79. The Bertz CT molecular complexity index is 571. The third-order valence-electron chi connectivity index (χ3n) is 2.32. The van der Waals surface area contributed by atoms with Crippen LogP contribution >= 0.6 is 11.6 Å². The van der Waals surface area contributed by atoms with Crippen molar-refractivity contribution in [2.75, 3.05) is 12.8 Å². The first-order valence-electron chi connectivity index (χ1n) is 4.60. The molecule has 0 fully saturated rings. The number of nitrogens with two attached hydrogens (primary N) is 1. The van der Waals surface area contributed by atoms with E-state index in [2.05, 4.69) is 10.2 Å². The van der Waals surface area contributed by atoms with E-state index in [0.29, 0.717) is 0 Å². The molecule has 0 unspecified atom stereocenters. The molecule has 0 amide bonds. The predicted octanol–water partition coefficient (Wildman–Crippen LogP) is 2.17. The predicted molar refractivity (Wildman–Crippen MR) is 61.6 cm³/mol. The van der Waals surface area contributed by atoms with Crippen molar-refractivity contribution >= 4 is 17.4 Å². The topological polar surface area (TPSA) is 84.2 Å².